The Hall–Kier alpha value is -2.90. The lowest BCUT2D eigenvalue weighted by Gasteiger charge is -2.39. The van der Waals surface area contributed by atoms with Crippen molar-refractivity contribution >= 4 is 23.1 Å². The number of aliphatic carboxylic acids is 1. The number of oxazole rings is 1. The average Bonchev–Trinajstić information content (AvgIpc) is 3.62. The molecule has 3 aliphatic rings. The van der Waals surface area contributed by atoms with E-state index >= 15 is 0 Å². The molecule has 220 valence electrons. The summed E-state index contributed by atoms with van der Waals surface area (Å²) in [6, 6.07) is 19.7. The molecular weight excluding hydrogens is 512 g/mol. The third-order valence-corrected chi connectivity index (χ3v) is 9.92. The lowest BCUT2D eigenvalue weighted by atomic mass is 9.83. The number of anilines is 1. The van der Waals surface area contributed by atoms with E-state index in [1.54, 1.807) is 0 Å². The summed E-state index contributed by atoms with van der Waals surface area (Å²) in [5, 5.41) is 10.3. The van der Waals surface area contributed by atoms with Crippen molar-refractivity contribution in [3.05, 3.63) is 60.2 Å². The molecule has 3 atom stereocenters. The number of carboxylic acids is 1. The second-order valence-corrected chi connectivity index (χ2v) is 12.6. The molecule has 7 nitrogen and oxygen atoms in total. The topological polar surface area (TPSA) is 73.1 Å². The van der Waals surface area contributed by atoms with Crippen LogP contribution in [0.3, 0.4) is 0 Å². The second kappa shape index (κ2) is 13.0. The standard InChI is InChI=1S/C34H46N4O3/c1-2-19-38(34-35-30-15-9-10-16-31(30)41-34)28-17-20-36(21-18-28)22-27-23-37(24-29(27)25-11-5-3-6-12-25)32(33(39)40)26-13-7-4-8-14-26/h3,5-6,9-12,15-16,26-29,32H,2,4,7-8,13-14,17-24H2,1H3,(H,39,40)/t27-,29+,32+/m0/s1. The molecule has 0 unspecified atom stereocenters. The van der Waals surface area contributed by atoms with Gasteiger partial charge in [0.1, 0.15) is 11.6 Å². The van der Waals surface area contributed by atoms with E-state index in [-0.39, 0.29) is 12.0 Å². The summed E-state index contributed by atoms with van der Waals surface area (Å²) < 4.78 is 6.18. The van der Waals surface area contributed by atoms with E-state index in [1.807, 2.05) is 24.3 Å². The molecule has 7 heteroatoms. The molecule has 2 saturated heterocycles. The number of hydrogen-bond donors (Lipinski definition) is 1. The van der Waals surface area contributed by atoms with E-state index in [0.717, 1.165) is 88.5 Å². The first-order valence-corrected chi connectivity index (χ1v) is 16.0. The van der Waals surface area contributed by atoms with Gasteiger partial charge in [0.25, 0.3) is 6.01 Å². The van der Waals surface area contributed by atoms with Crippen molar-refractivity contribution in [3.63, 3.8) is 0 Å². The molecule has 2 aromatic carbocycles. The van der Waals surface area contributed by atoms with Gasteiger partial charge in [0.05, 0.1) is 0 Å². The maximum absolute atomic E-state index is 12.6. The van der Waals surface area contributed by atoms with Gasteiger partial charge in [0, 0.05) is 51.2 Å². The second-order valence-electron chi connectivity index (χ2n) is 12.6. The number of para-hydroxylation sites is 2. The maximum Gasteiger partial charge on any atom is 0.321 e. The van der Waals surface area contributed by atoms with E-state index in [9.17, 15) is 9.90 Å². The number of aromatic nitrogens is 1. The first-order valence-electron chi connectivity index (χ1n) is 16.0. The first-order chi connectivity index (χ1) is 20.1. The Labute approximate surface area is 244 Å². The van der Waals surface area contributed by atoms with E-state index < -0.39 is 5.97 Å². The zero-order chi connectivity index (χ0) is 28.2. The van der Waals surface area contributed by atoms with Crippen molar-refractivity contribution in [1.29, 1.82) is 0 Å². The molecule has 2 aliphatic heterocycles. The fourth-order valence-corrected chi connectivity index (χ4v) is 7.90. The maximum atomic E-state index is 12.6. The highest BCUT2D eigenvalue weighted by molar-refractivity contribution is 5.74. The summed E-state index contributed by atoms with van der Waals surface area (Å²) in [5.74, 6) is 0.461. The fraction of sp³-hybridized carbons (Fsp3) is 0.588. The molecule has 6 rings (SSSR count). The highest BCUT2D eigenvalue weighted by Crippen LogP contribution is 2.39. The predicted octanol–water partition coefficient (Wildman–Crippen LogP) is 6.26. The predicted molar refractivity (Wildman–Crippen MR) is 163 cm³/mol. The first kappa shape index (κ1) is 28.2. The van der Waals surface area contributed by atoms with E-state index in [4.69, 9.17) is 9.40 Å². The zero-order valence-electron chi connectivity index (χ0n) is 24.5. The highest BCUT2D eigenvalue weighted by Gasteiger charge is 2.43. The Bertz CT molecular complexity index is 1230. The summed E-state index contributed by atoms with van der Waals surface area (Å²) in [6.45, 7) is 8.01. The molecular formula is C34H46N4O3. The van der Waals surface area contributed by atoms with Gasteiger partial charge in [0.15, 0.2) is 5.58 Å². The van der Waals surface area contributed by atoms with Crippen LogP contribution in [0.25, 0.3) is 11.1 Å². The van der Waals surface area contributed by atoms with Gasteiger partial charge < -0.3 is 19.3 Å². The van der Waals surface area contributed by atoms with Gasteiger partial charge in [-0.25, -0.2) is 0 Å². The van der Waals surface area contributed by atoms with Gasteiger partial charge in [-0.3, -0.25) is 9.69 Å². The monoisotopic (exact) mass is 558 g/mol. The Kier molecular flexibility index (Phi) is 8.92. The molecule has 3 heterocycles. The quantitative estimate of drug-likeness (QED) is 0.315. The van der Waals surface area contributed by atoms with Crippen LogP contribution in [0.4, 0.5) is 6.01 Å². The van der Waals surface area contributed by atoms with Crippen LogP contribution in [0.15, 0.2) is 59.0 Å². The van der Waals surface area contributed by atoms with Crippen molar-refractivity contribution < 1.29 is 14.3 Å². The third kappa shape index (κ3) is 6.31. The van der Waals surface area contributed by atoms with E-state index in [1.165, 1.54) is 24.8 Å². The number of rotatable bonds is 10. The average molecular weight is 559 g/mol. The molecule has 0 bridgehead atoms. The summed E-state index contributed by atoms with van der Waals surface area (Å²) in [4.78, 5) is 24.8. The van der Waals surface area contributed by atoms with Crippen molar-refractivity contribution in [2.75, 3.05) is 44.2 Å². The minimum atomic E-state index is -0.625. The van der Waals surface area contributed by atoms with Crippen molar-refractivity contribution in [3.8, 4) is 0 Å². The fourth-order valence-electron chi connectivity index (χ4n) is 7.90. The molecule has 3 fully saturated rings. The van der Waals surface area contributed by atoms with Gasteiger partial charge in [-0.2, -0.15) is 4.98 Å². The lowest BCUT2D eigenvalue weighted by Crippen LogP contribution is -2.48. The van der Waals surface area contributed by atoms with E-state index in [0.29, 0.717) is 17.9 Å². The molecule has 1 saturated carbocycles. The Morgan fingerprint density at radius 1 is 1.00 bits per heavy atom. The number of fused-ring (bicyclic) bond motifs is 1. The molecule has 1 N–H and O–H groups in total. The lowest BCUT2D eigenvalue weighted by molar-refractivity contribution is -0.145. The van der Waals surface area contributed by atoms with Crippen LogP contribution in [-0.2, 0) is 4.79 Å². The summed E-state index contributed by atoms with van der Waals surface area (Å²) in [5.41, 5.74) is 3.13. The summed E-state index contributed by atoms with van der Waals surface area (Å²) in [6.07, 6.45) is 8.92. The van der Waals surface area contributed by atoms with Gasteiger partial charge in [-0.1, -0.05) is 68.7 Å². The molecule has 0 radical (unpaired) electrons. The van der Waals surface area contributed by atoms with Crippen molar-refractivity contribution in [1.82, 2.24) is 14.8 Å². The van der Waals surface area contributed by atoms with Crippen molar-refractivity contribution in [2.45, 2.75) is 76.3 Å². The molecule has 3 aromatic rings. The zero-order valence-corrected chi connectivity index (χ0v) is 24.5. The third-order valence-electron chi connectivity index (χ3n) is 9.92. The summed E-state index contributed by atoms with van der Waals surface area (Å²) in [7, 11) is 0. The number of nitrogens with zero attached hydrogens (tertiary/aromatic N) is 4. The SMILES string of the molecule is CCCN(c1nc2ccccc2o1)C1CCN(C[C@H]2CN([C@@H](C(=O)O)C3CCCCC3)C[C@@H]2c2ccccc2)CC1. The molecule has 1 aromatic heterocycles. The Balaban J connectivity index is 1.14. The van der Waals surface area contributed by atoms with Crippen LogP contribution in [0.5, 0.6) is 0 Å². The van der Waals surface area contributed by atoms with Gasteiger partial charge in [-0.05, 0) is 61.6 Å². The minimum absolute atomic E-state index is 0.281. The van der Waals surface area contributed by atoms with Crippen LogP contribution in [0, 0.1) is 11.8 Å². The number of piperidine rings is 1. The van der Waals surface area contributed by atoms with Crippen LogP contribution < -0.4 is 4.90 Å². The van der Waals surface area contributed by atoms with Crippen LogP contribution in [0.1, 0.15) is 69.8 Å². The Morgan fingerprint density at radius 3 is 2.44 bits per heavy atom. The van der Waals surface area contributed by atoms with E-state index in [2.05, 4.69) is 52.0 Å². The molecule has 41 heavy (non-hydrogen) atoms. The van der Waals surface area contributed by atoms with Crippen LogP contribution >= 0.6 is 0 Å². The number of carbonyl (C=O) groups is 1. The van der Waals surface area contributed by atoms with Gasteiger partial charge >= 0.3 is 5.97 Å². The number of carboxylic acid groups (broad SMARTS) is 1. The van der Waals surface area contributed by atoms with Crippen molar-refractivity contribution in [2.24, 2.45) is 11.8 Å². The smallest absolute Gasteiger partial charge is 0.321 e. The highest BCUT2D eigenvalue weighted by atomic mass is 16.4. The number of hydrogen-bond acceptors (Lipinski definition) is 6. The Morgan fingerprint density at radius 2 is 1.73 bits per heavy atom. The normalized spacial score (nSPS) is 24.1. The summed E-state index contributed by atoms with van der Waals surface area (Å²) >= 11 is 0. The van der Waals surface area contributed by atoms with Gasteiger partial charge in [-0.15, -0.1) is 0 Å². The molecule has 1 aliphatic carbocycles. The number of likely N-dealkylation sites (tertiary alicyclic amines) is 2. The van der Waals surface area contributed by atoms with Gasteiger partial charge in [0.2, 0.25) is 0 Å². The minimum Gasteiger partial charge on any atom is -0.480 e. The number of benzene rings is 2. The largest absolute Gasteiger partial charge is 0.480 e. The molecule has 0 amide bonds. The molecule has 0 spiro atoms. The van der Waals surface area contributed by atoms with Crippen LogP contribution in [-0.4, -0.2) is 77.2 Å². The van der Waals surface area contributed by atoms with Crippen LogP contribution in [0.2, 0.25) is 0 Å².